The zero-order chi connectivity index (χ0) is 8.55. The minimum atomic E-state index is 0.957. The first kappa shape index (κ1) is 7.43. The van der Waals surface area contributed by atoms with Crippen LogP contribution in [0.1, 0.15) is 10.6 Å². The predicted molar refractivity (Wildman–Crippen MR) is 52.2 cm³/mol. The van der Waals surface area contributed by atoms with Gasteiger partial charge in [0, 0.05) is 11.8 Å². The van der Waals surface area contributed by atoms with Crippen molar-refractivity contribution in [1.29, 1.82) is 5.41 Å². The molecule has 0 atom stereocenters. The SMILES string of the molecule is Cc1nc2cccc(C=N)c2s1. The molecule has 0 aliphatic rings. The summed E-state index contributed by atoms with van der Waals surface area (Å²) in [7, 11) is 0. The van der Waals surface area contributed by atoms with E-state index < -0.39 is 0 Å². The molecule has 12 heavy (non-hydrogen) atoms. The van der Waals surface area contributed by atoms with Crippen molar-refractivity contribution < 1.29 is 0 Å². The van der Waals surface area contributed by atoms with Crippen molar-refractivity contribution in [3.05, 3.63) is 28.8 Å². The van der Waals surface area contributed by atoms with E-state index in [0.29, 0.717) is 0 Å². The summed E-state index contributed by atoms with van der Waals surface area (Å²) in [6.07, 6.45) is 1.37. The molecule has 2 rings (SSSR count). The molecule has 1 aromatic heterocycles. The Labute approximate surface area is 74.4 Å². The van der Waals surface area contributed by atoms with Crippen molar-refractivity contribution in [3.63, 3.8) is 0 Å². The summed E-state index contributed by atoms with van der Waals surface area (Å²) in [5.74, 6) is 0. The monoisotopic (exact) mass is 176 g/mol. The van der Waals surface area contributed by atoms with Crippen molar-refractivity contribution in [2.24, 2.45) is 0 Å². The van der Waals surface area contributed by atoms with E-state index in [1.165, 1.54) is 6.21 Å². The summed E-state index contributed by atoms with van der Waals surface area (Å²) >= 11 is 1.64. The van der Waals surface area contributed by atoms with Crippen molar-refractivity contribution in [2.75, 3.05) is 0 Å². The molecule has 1 aromatic carbocycles. The van der Waals surface area contributed by atoms with Crippen LogP contribution in [0.2, 0.25) is 0 Å². The van der Waals surface area contributed by atoms with E-state index in [1.54, 1.807) is 11.3 Å². The van der Waals surface area contributed by atoms with E-state index >= 15 is 0 Å². The molecule has 0 aliphatic carbocycles. The number of aryl methyl sites for hydroxylation is 1. The highest BCUT2D eigenvalue weighted by Crippen LogP contribution is 2.23. The number of aromatic nitrogens is 1. The fourth-order valence-corrected chi connectivity index (χ4v) is 2.10. The van der Waals surface area contributed by atoms with Gasteiger partial charge in [-0.2, -0.15) is 0 Å². The topological polar surface area (TPSA) is 36.7 Å². The minimum Gasteiger partial charge on any atom is -0.308 e. The molecule has 3 heteroatoms. The lowest BCUT2D eigenvalue weighted by molar-refractivity contribution is 1.35. The maximum Gasteiger partial charge on any atom is 0.0908 e. The van der Waals surface area contributed by atoms with Crippen molar-refractivity contribution in [2.45, 2.75) is 6.92 Å². The maximum atomic E-state index is 7.19. The Hall–Kier alpha value is -1.22. The fourth-order valence-electron chi connectivity index (χ4n) is 1.20. The Balaban J connectivity index is 2.86. The Morgan fingerprint density at radius 3 is 3.08 bits per heavy atom. The van der Waals surface area contributed by atoms with E-state index in [9.17, 15) is 0 Å². The lowest BCUT2D eigenvalue weighted by Gasteiger charge is -1.90. The minimum absolute atomic E-state index is 0.957. The molecule has 1 heterocycles. The molecule has 0 aliphatic heterocycles. The fraction of sp³-hybridized carbons (Fsp3) is 0.111. The van der Waals surface area contributed by atoms with Crippen LogP contribution in [0.5, 0.6) is 0 Å². The van der Waals surface area contributed by atoms with Gasteiger partial charge >= 0.3 is 0 Å². The normalized spacial score (nSPS) is 10.4. The number of thiazole rings is 1. The smallest absolute Gasteiger partial charge is 0.0908 e. The Morgan fingerprint density at radius 1 is 1.50 bits per heavy atom. The molecule has 0 saturated carbocycles. The quantitative estimate of drug-likeness (QED) is 0.666. The Bertz CT molecular complexity index is 431. The maximum absolute atomic E-state index is 7.19. The van der Waals surface area contributed by atoms with Gasteiger partial charge in [-0.1, -0.05) is 12.1 Å². The molecular formula is C9H8N2S. The van der Waals surface area contributed by atoms with Crippen LogP contribution in [-0.2, 0) is 0 Å². The van der Waals surface area contributed by atoms with E-state index in [4.69, 9.17) is 5.41 Å². The molecule has 0 saturated heterocycles. The van der Waals surface area contributed by atoms with Crippen LogP contribution in [0, 0.1) is 12.3 Å². The van der Waals surface area contributed by atoms with E-state index in [-0.39, 0.29) is 0 Å². The lowest BCUT2D eigenvalue weighted by Crippen LogP contribution is -1.77. The van der Waals surface area contributed by atoms with Crippen LogP contribution >= 0.6 is 11.3 Å². The number of nitrogens with zero attached hydrogens (tertiary/aromatic N) is 1. The molecule has 0 bridgehead atoms. The van der Waals surface area contributed by atoms with E-state index in [2.05, 4.69) is 4.98 Å². The van der Waals surface area contributed by atoms with Gasteiger partial charge in [-0.25, -0.2) is 4.98 Å². The number of fused-ring (bicyclic) bond motifs is 1. The van der Waals surface area contributed by atoms with Gasteiger partial charge < -0.3 is 5.41 Å². The average Bonchev–Trinajstić information content (AvgIpc) is 2.44. The van der Waals surface area contributed by atoms with Gasteiger partial charge in [0.1, 0.15) is 0 Å². The summed E-state index contributed by atoms with van der Waals surface area (Å²) in [6.45, 7) is 1.98. The summed E-state index contributed by atoms with van der Waals surface area (Å²) in [6, 6.07) is 5.85. The highest BCUT2D eigenvalue weighted by molar-refractivity contribution is 7.18. The van der Waals surface area contributed by atoms with Crippen LogP contribution < -0.4 is 0 Å². The van der Waals surface area contributed by atoms with Gasteiger partial charge in [0.2, 0.25) is 0 Å². The van der Waals surface area contributed by atoms with Gasteiger partial charge in [-0.3, -0.25) is 0 Å². The van der Waals surface area contributed by atoms with Crippen LogP contribution in [0.25, 0.3) is 10.2 Å². The molecule has 60 valence electrons. The van der Waals surface area contributed by atoms with Gasteiger partial charge in [-0.05, 0) is 13.0 Å². The number of hydrogen-bond donors (Lipinski definition) is 1. The molecule has 0 spiro atoms. The van der Waals surface area contributed by atoms with Gasteiger partial charge in [-0.15, -0.1) is 11.3 Å². The Kier molecular flexibility index (Phi) is 1.66. The number of rotatable bonds is 1. The molecule has 2 aromatic rings. The number of benzene rings is 1. The summed E-state index contributed by atoms with van der Waals surface area (Å²) in [4.78, 5) is 4.34. The van der Waals surface area contributed by atoms with Crippen molar-refractivity contribution in [3.8, 4) is 0 Å². The molecule has 1 N–H and O–H groups in total. The van der Waals surface area contributed by atoms with Gasteiger partial charge in [0.15, 0.2) is 0 Å². The second kappa shape index (κ2) is 2.68. The van der Waals surface area contributed by atoms with Crippen LogP contribution in [0.15, 0.2) is 18.2 Å². The zero-order valence-corrected chi connectivity index (χ0v) is 7.48. The first-order valence-corrected chi connectivity index (χ1v) is 4.49. The number of hydrogen-bond acceptors (Lipinski definition) is 3. The predicted octanol–water partition coefficient (Wildman–Crippen LogP) is 2.60. The molecule has 0 amide bonds. The van der Waals surface area contributed by atoms with E-state index in [0.717, 1.165) is 20.8 Å². The highest BCUT2D eigenvalue weighted by Gasteiger charge is 2.02. The second-order valence-corrected chi connectivity index (χ2v) is 3.78. The highest BCUT2D eigenvalue weighted by atomic mass is 32.1. The molecule has 2 nitrogen and oxygen atoms in total. The molecule has 0 unspecified atom stereocenters. The largest absolute Gasteiger partial charge is 0.308 e. The average molecular weight is 176 g/mol. The van der Waals surface area contributed by atoms with Crippen LogP contribution in [0.4, 0.5) is 0 Å². The third kappa shape index (κ3) is 1.02. The van der Waals surface area contributed by atoms with Crippen molar-refractivity contribution in [1.82, 2.24) is 4.98 Å². The van der Waals surface area contributed by atoms with Gasteiger partial charge in [0.25, 0.3) is 0 Å². The molecule has 0 fully saturated rings. The van der Waals surface area contributed by atoms with Crippen LogP contribution in [0.3, 0.4) is 0 Å². The second-order valence-electron chi connectivity index (χ2n) is 2.57. The standard InChI is InChI=1S/C9H8N2S/c1-6-11-8-4-2-3-7(5-10)9(8)12-6/h2-5,10H,1H3. The third-order valence-corrected chi connectivity index (χ3v) is 2.74. The summed E-state index contributed by atoms with van der Waals surface area (Å²) in [5.41, 5.74) is 1.96. The first-order chi connectivity index (χ1) is 5.81. The molecular weight excluding hydrogens is 168 g/mol. The lowest BCUT2D eigenvalue weighted by atomic mass is 10.2. The molecule has 0 radical (unpaired) electrons. The van der Waals surface area contributed by atoms with E-state index in [1.807, 2.05) is 25.1 Å². The third-order valence-electron chi connectivity index (χ3n) is 1.71. The van der Waals surface area contributed by atoms with Crippen LogP contribution in [-0.4, -0.2) is 11.2 Å². The van der Waals surface area contributed by atoms with Gasteiger partial charge in [0.05, 0.1) is 15.2 Å². The Morgan fingerprint density at radius 2 is 2.33 bits per heavy atom. The summed E-state index contributed by atoms with van der Waals surface area (Å²) in [5, 5.41) is 8.24. The van der Waals surface area contributed by atoms with Crippen molar-refractivity contribution >= 4 is 27.8 Å². The number of nitrogens with one attached hydrogen (secondary N) is 1. The zero-order valence-electron chi connectivity index (χ0n) is 6.66. The summed E-state index contributed by atoms with van der Waals surface area (Å²) < 4.78 is 1.12. The first-order valence-electron chi connectivity index (χ1n) is 3.68.